The summed E-state index contributed by atoms with van der Waals surface area (Å²) in [5.74, 6) is 1.64. The molecule has 10 rings (SSSR count). The van der Waals surface area contributed by atoms with E-state index in [9.17, 15) is 0 Å². The topological polar surface area (TPSA) is 64.7 Å². The predicted octanol–water partition coefficient (Wildman–Crippen LogP) is 11.8. The van der Waals surface area contributed by atoms with Crippen molar-refractivity contribution in [1.82, 2.24) is 19.9 Å². The molecule has 5 heteroatoms. The smallest absolute Gasteiger partial charge is 0.182 e. The van der Waals surface area contributed by atoms with Gasteiger partial charge in [-0.05, 0) is 57.8 Å². The lowest BCUT2D eigenvalue weighted by Crippen LogP contribution is -2.02. The van der Waals surface area contributed by atoms with Gasteiger partial charge in [-0.15, -0.1) is 0 Å². The van der Waals surface area contributed by atoms with Crippen LogP contribution in [-0.4, -0.2) is 19.9 Å². The van der Waals surface area contributed by atoms with E-state index in [2.05, 4.69) is 115 Å². The molecule has 0 unspecified atom stereocenters. The molecule has 0 aliphatic rings. The first-order valence-corrected chi connectivity index (χ1v) is 17.0. The zero-order chi connectivity index (χ0) is 33.7. The molecule has 0 amide bonds. The molecule has 0 atom stereocenters. The van der Waals surface area contributed by atoms with Gasteiger partial charge in [0, 0.05) is 32.8 Å². The van der Waals surface area contributed by atoms with E-state index >= 15 is 0 Å². The number of pyridine rings is 1. The highest BCUT2D eigenvalue weighted by molar-refractivity contribution is 6.12. The number of hydrogen-bond acceptors (Lipinski definition) is 5. The van der Waals surface area contributed by atoms with Crippen molar-refractivity contribution in [2.45, 2.75) is 0 Å². The van der Waals surface area contributed by atoms with E-state index in [4.69, 9.17) is 24.4 Å². The van der Waals surface area contributed by atoms with E-state index in [0.29, 0.717) is 23.2 Å². The van der Waals surface area contributed by atoms with Gasteiger partial charge in [0.05, 0.1) is 5.52 Å². The largest absolute Gasteiger partial charge is 0.456 e. The summed E-state index contributed by atoms with van der Waals surface area (Å²) >= 11 is 0. The van der Waals surface area contributed by atoms with Gasteiger partial charge in [0.15, 0.2) is 17.5 Å². The van der Waals surface area contributed by atoms with Gasteiger partial charge in [-0.1, -0.05) is 140 Å². The van der Waals surface area contributed by atoms with Gasteiger partial charge in [-0.25, -0.2) is 19.9 Å². The van der Waals surface area contributed by atoms with Crippen LogP contribution in [-0.2, 0) is 0 Å². The number of hydrogen-bond donors (Lipinski definition) is 0. The van der Waals surface area contributed by atoms with Gasteiger partial charge < -0.3 is 4.42 Å². The molecule has 3 aromatic heterocycles. The molecule has 0 radical (unpaired) electrons. The summed E-state index contributed by atoms with van der Waals surface area (Å²) in [7, 11) is 0. The lowest BCUT2D eigenvalue weighted by molar-refractivity contribution is 0.669. The van der Waals surface area contributed by atoms with Crippen LogP contribution in [0.5, 0.6) is 0 Å². The Kier molecular flexibility index (Phi) is 6.74. The number of nitrogens with zero attached hydrogens (tertiary/aromatic N) is 4. The monoisotopic (exact) mass is 652 g/mol. The maximum Gasteiger partial charge on any atom is 0.182 e. The summed E-state index contributed by atoms with van der Waals surface area (Å²) in [6, 6.07) is 58.2. The van der Waals surface area contributed by atoms with Crippen molar-refractivity contribution in [1.29, 1.82) is 0 Å². The number of rotatable bonds is 5. The van der Waals surface area contributed by atoms with E-state index in [1.807, 2.05) is 54.6 Å². The van der Waals surface area contributed by atoms with Gasteiger partial charge >= 0.3 is 0 Å². The lowest BCUT2D eigenvalue weighted by Gasteiger charge is -2.13. The van der Waals surface area contributed by atoms with Crippen LogP contribution >= 0.6 is 0 Å². The Bertz CT molecular complexity index is 2920. The number of benzene rings is 7. The number of para-hydroxylation sites is 1. The van der Waals surface area contributed by atoms with Crippen LogP contribution in [0.1, 0.15) is 0 Å². The highest BCUT2D eigenvalue weighted by atomic mass is 16.3. The SMILES string of the molecule is c1ccc(-c2ccc(-c3ccccc3)c3nc(-c4nc(-c5ccc6ccccc6c5)nc(-c5cccc6oc7ccccc7c56)n4)ccc23)cc1. The molecule has 0 bridgehead atoms. The molecule has 3 heterocycles. The average Bonchev–Trinajstić information content (AvgIpc) is 3.59. The van der Waals surface area contributed by atoms with E-state index in [-0.39, 0.29) is 0 Å². The molecule has 0 fully saturated rings. The summed E-state index contributed by atoms with van der Waals surface area (Å²) in [6.45, 7) is 0. The highest BCUT2D eigenvalue weighted by Gasteiger charge is 2.19. The van der Waals surface area contributed by atoms with E-state index in [0.717, 1.165) is 77.0 Å². The summed E-state index contributed by atoms with van der Waals surface area (Å²) < 4.78 is 6.26. The molecule has 51 heavy (non-hydrogen) atoms. The van der Waals surface area contributed by atoms with Crippen LogP contribution < -0.4 is 0 Å². The van der Waals surface area contributed by atoms with Gasteiger partial charge in [0.1, 0.15) is 16.9 Å². The Balaban J connectivity index is 1.23. The van der Waals surface area contributed by atoms with E-state index in [1.165, 1.54) is 0 Å². The van der Waals surface area contributed by atoms with Gasteiger partial charge in [0.25, 0.3) is 0 Å². The van der Waals surface area contributed by atoms with Crippen molar-refractivity contribution in [3.05, 3.63) is 170 Å². The fraction of sp³-hybridized carbons (Fsp3) is 0. The Morgan fingerprint density at radius 2 is 1.02 bits per heavy atom. The first-order valence-electron chi connectivity index (χ1n) is 17.0. The second kappa shape index (κ2) is 11.9. The predicted molar refractivity (Wildman–Crippen MR) is 207 cm³/mol. The van der Waals surface area contributed by atoms with Crippen molar-refractivity contribution in [3.63, 3.8) is 0 Å². The van der Waals surface area contributed by atoms with E-state index < -0.39 is 0 Å². The van der Waals surface area contributed by atoms with Gasteiger partial charge in [-0.3, -0.25) is 0 Å². The summed E-state index contributed by atoms with van der Waals surface area (Å²) in [6.07, 6.45) is 0. The molecule has 0 N–H and O–H groups in total. The minimum atomic E-state index is 0.499. The zero-order valence-corrected chi connectivity index (χ0v) is 27.4. The van der Waals surface area contributed by atoms with Crippen molar-refractivity contribution in [2.24, 2.45) is 0 Å². The van der Waals surface area contributed by atoms with Crippen LogP contribution in [0.2, 0.25) is 0 Å². The molecular weight excluding hydrogens is 625 g/mol. The fourth-order valence-electron chi connectivity index (χ4n) is 7.09. The Morgan fingerprint density at radius 3 is 1.86 bits per heavy atom. The Morgan fingerprint density at radius 1 is 0.353 bits per heavy atom. The van der Waals surface area contributed by atoms with Crippen molar-refractivity contribution in [2.75, 3.05) is 0 Å². The molecule has 7 aromatic carbocycles. The fourth-order valence-corrected chi connectivity index (χ4v) is 7.09. The minimum Gasteiger partial charge on any atom is -0.456 e. The third kappa shape index (κ3) is 5.03. The van der Waals surface area contributed by atoms with Crippen molar-refractivity contribution < 1.29 is 4.42 Å². The van der Waals surface area contributed by atoms with Gasteiger partial charge in [0.2, 0.25) is 0 Å². The number of furan rings is 1. The molecule has 5 nitrogen and oxygen atoms in total. The van der Waals surface area contributed by atoms with E-state index in [1.54, 1.807) is 0 Å². The second-order valence-electron chi connectivity index (χ2n) is 12.6. The van der Waals surface area contributed by atoms with Crippen LogP contribution in [0.4, 0.5) is 0 Å². The molecule has 0 aliphatic carbocycles. The molecule has 0 saturated carbocycles. The molecule has 238 valence electrons. The van der Waals surface area contributed by atoms with Gasteiger partial charge in [-0.2, -0.15) is 0 Å². The van der Waals surface area contributed by atoms with Crippen LogP contribution in [0.25, 0.3) is 100 Å². The van der Waals surface area contributed by atoms with Crippen LogP contribution in [0.15, 0.2) is 174 Å². The van der Waals surface area contributed by atoms with Crippen molar-refractivity contribution in [3.8, 4) is 56.5 Å². The maximum atomic E-state index is 6.26. The summed E-state index contributed by atoms with van der Waals surface area (Å²) in [5.41, 5.74) is 9.34. The third-order valence-corrected chi connectivity index (χ3v) is 9.54. The number of fused-ring (bicyclic) bond motifs is 5. The minimum absolute atomic E-state index is 0.499. The second-order valence-corrected chi connectivity index (χ2v) is 12.6. The summed E-state index contributed by atoms with van der Waals surface area (Å²) in [5, 5.41) is 5.32. The Labute approximate surface area is 293 Å². The zero-order valence-electron chi connectivity index (χ0n) is 27.4. The van der Waals surface area contributed by atoms with Crippen LogP contribution in [0, 0.1) is 0 Å². The standard InChI is InChI=1S/C46H28N4O/c1-3-13-30(14-4-1)34-24-25-35(31-15-5-2-6-16-31)43-36(34)26-27-39(47-43)46-49-44(33-23-22-29-12-7-8-17-32(29)28-33)48-45(50-46)38-19-11-21-41-42(38)37-18-9-10-20-40(37)51-41/h1-28H. The third-order valence-electron chi connectivity index (χ3n) is 9.54. The molecule has 0 spiro atoms. The first-order chi connectivity index (χ1) is 25.3. The molecular formula is C46H28N4O. The maximum absolute atomic E-state index is 6.26. The highest BCUT2D eigenvalue weighted by Crippen LogP contribution is 2.38. The van der Waals surface area contributed by atoms with Crippen LogP contribution in [0.3, 0.4) is 0 Å². The summed E-state index contributed by atoms with van der Waals surface area (Å²) in [4.78, 5) is 20.8. The number of aromatic nitrogens is 4. The molecule has 0 aliphatic heterocycles. The first kappa shape index (κ1) is 29.0. The quantitative estimate of drug-likeness (QED) is 0.185. The molecule has 10 aromatic rings. The Hall–Kier alpha value is -6.98. The van der Waals surface area contributed by atoms with Crippen molar-refractivity contribution >= 4 is 43.6 Å². The molecule has 0 saturated heterocycles. The average molecular weight is 653 g/mol. The normalized spacial score (nSPS) is 11.5. The lowest BCUT2D eigenvalue weighted by atomic mass is 9.94.